The highest BCUT2D eigenvalue weighted by Gasteiger charge is 2.19. The fourth-order valence-electron chi connectivity index (χ4n) is 1.98. The van der Waals surface area contributed by atoms with Crippen LogP contribution in [0.5, 0.6) is 0 Å². The highest BCUT2D eigenvalue weighted by molar-refractivity contribution is 7.80. The Kier molecular flexibility index (Phi) is 3.80. The van der Waals surface area contributed by atoms with E-state index in [2.05, 4.69) is 10.4 Å². The summed E-state index contributed by atoms with van der Waals surface area (Å²) in [5.74, 6) is -0.253. The van der Waals surface area contributed by atoms with E-state index >= 15 is 0 Å². The molecule has 0 aliphatic rings. The van der Waals surface area contributed by atoms with Gasteiger partial charge in [0, 0.05) is 12.4 Å². The van der Waals surface area contributed by atoms with Gasteiger partial charge in [0.1, 0.15) is 0 Å². The van der Waals surface area contributed by atoms with E-state index in [1.54, 1.807) is 4.68 Å². The third-order valence-electron chi connectivity index (χ3n) is 3.03. The molecule has 0 bridgehead atoms. The van der Waals surface area contributed by atoms with Crippen LogP contribution in [0.1, 0.15) is 23.8 Å². The van der Waals surface area contributed by atoms with Crippen LogP contribution in [0.4, 0.5) is 0 Å². The molecule has 1 aromatic carbocycles. The maximum absolute atomic E-state index is 12.2. The van der Waals surface area contributed by atoms with Crippen molar-refractivity contribution in [1.82, 2.24) is 15.1 Å². The molecule has 2 aromatic rings. The van der Waals surface area contributed by atoms with E-state index < -0.39 is 0 Å². The molecule has 0 saturated carbocycles. The van der Waals surface area contributed by atoms with Gasteiger partial charge in [0.15, 0.2) is 5.69 Å². The number of amides is 1. The third-order valence-corrected chi connectivity index (χ3v) is 3.31. The molecular formula is C13H16N4OS. The van der Waals surface area contributed by atoms with Gasteiger partial charge in [-0.25, -0.2) is 0 Å². The zero-order chi connectivity index (χ0) is 14.0. The lowest BCUT2D eigenvalue weighted by atomic mass is 10.1. The van der Waals surface area contributed by atoms with Crippen LogP contribution in [-0.2, 0) is 7.05 Å². The standard InChI is InChI=1S/C13H16N4OS/c1-3-9(12(14)19)15-13(18)11-8-6-4-5-7-10(8)17(2)16-11/h4-7,9H,3H2,1-2H3,(H2,14,19)(H,15,18). The van der Waals surface area contributed by atoms with Crippen molar-refractivity contribution in [2.75, 3.05) is 0 Å². The zero-order valence-corrected chi connectivity index (χ0v) is 11.7. The van der Waals surface area contributed by atoms with Gasteiger partial charge < -0.3 is 11.1 Å². The number of nitrogens with zero attached hydrogens (tertiary/aromatic N) is 2. The Morgan fingerprint density at radius 3 is 2.84 bits per heavy atom. The first-order valence-corrected chi connectivity index (χ1v) is 6.47. The number of thiocarbonyl (C=S) groups is 1. The van der Waals surface area contributed by atoms with E-state index in [4.69, 9.17) is 18.0 Å². The lowest BCUT2D eigenvalue weighted by Crippen LogP contribution is -2.43. The molecule has 0 fully saturated rings. The van der Waals surface area contributed by atoms with E-state index in [-0.39, 0.29) is 16.9 Å². The molecule has 2 rings (SSSR count). The van der Waals surface area contributed by atoms with Gasteiger partial charge in [-0.3, -0.25) is 9.48 Å². The first-order valence-electron chi connectivity index (χ1n) is 6.06. The fraction of sp³-hybridized carbons (Fsp3) is 0.308. The number of fused-ring (bicyclic) bond motifs is 1. The maximum Gasteiger partial charge on any atom is 0.272 e. The van der Waals surface area contributed by atoms with Gasteiger partial charge in [-0.15, -0.1) is 0 Å². The molecule has 6 heteroatoms. The van der Waals surface area contributed by atoms with Gasteiger partial charge in [0.05, 0.1) is 16.5 Å². The Bertz CT molecular complexity index is 635. The molecule has 3 N–H and O–H groups in total. The van der Waals surface area contributed by atoms with Crippen LogP contribution in [0.2, 0.25) is 0 Å². The second-order valence-corrected chi connectivity index (χ2v) is 4.80. The molecule has 1 amide bonds. The van der Waals surface area contributed by atoms with Crippen molar-refractivity contribution in [2.45, 2.75) is 19.4 Å². The summed E-state index contributed by atoms with van der Waals surface area (Å²) in [7, 11) is 1.81. The number of hydrogen-bond acceptors (Lipinski definition) is 3. The van der Waals surface area contributed by atoms with E-state index in [0.29, 0.717) is 12.1 Å². The van der Waals surface area contributed by atoms with E-state index in [1.807, 2.05) is 38.2 Å². The van der Waals surface area contributed by atoms with Crippen molar-refractivity contribution in [3.8, 4) is 0 Å². The Hall–Kier alpha value is -1.95. The van der Waals surface area contributed by atoms with Crippen LogP contribution in [0.25, 0.3) is 10.9 Å². The molecule has 5 nitrogen and oxygen atoms in total. The topological polar surface area (TPSA) is 72.9 Å². The van der Waals surface area contributed by atoms with Crippen LogP contribution in [0.3, 0.4) is 0 Å². The smallest absolute Gasteiger partial charge is 0.272 e. The highest BCUT2D eigenvalue weighted by Crippen LogP contribution is 2.17. The van der Waals surface area contributed by atoms with Gasteiger partial charge in [0.2, 0.25) is 0 Å². The number of nitrogens with one attached hydrogen (secondary N) is 1. The minimum absolute atomic E-state index is 0.253. The van der Waals surface area contributed by atoms with Crippen LogP contribution in [0.15, 0.2) is 24.3 Å². The molecule has 0 aliphatic heterocycles. The van der Waals surface area contributed by atoms with Gasteiger partial charge in [-0.05, 0) is 12.5 Å². The lowest BCUT2D eigenvalue weighted by Gasteiger charge is -2.14. The number of aromatic nitrogens is 2. The van der Waals surface area contributed by atoms with Crippen molar-refractivity contribution in [3.05, 3.63) is 30.0 Å². The number of nitrogens with two attached hydrogens (primary N) is 1. The number of aryl methyl sites for hydroxylation is 1. The Labute approximate surface area is 116 Å². The second kappa shape index (κ2) is 5.36. The van der Waals surface area contributed by atoms with Gasteiger partial charge in [-0.1, -0.05) is 37.3 Å². The monoisotopic (exact) mass is 276 g/mol. The second-order valence-electron chi connectivity index (χ2n) is 4.33. The van der Waals surface area contributed by atoms with Crippen molar-refractivity contribution in [3.63, 3.8) is 0 Å². The summed E-state index contributed by atoms with van der Waals surface area (Å²) in [4.78, 5) is 12.5. The van der Waals surface area contributed by atoms with Crippen LogP contribution < -0.4 is 11.1 Å². The number of para-hydroxylation sites is 1. The van der Waals surface area contributed by atoms with E-state index in [9.17, 15) is 4.79 Å². The van der Waals surface area contributed by atoms with Crippen molar-refractivity contribution in [1.29, 1.82) is 0 Å². The molecule has 1 atom stereocenters. The summed E-state index contributed by atoms with van der Waals surface area (Å²) >= 11 is 4.92. The van der Waals surface area contributed by atoms with Crippen LogP contribution in [0, 0.1) is 0 Å². The molecule has 0 saturated heterocycles. The average Bonchev–Trinajstić information content (AvgIpc) is 2.73. The molecule has 0 aliphatic carbocycles. The number of carbonyl (C=O) groups is 1. The van der Waals surface area contributed by atoms with Crippen molar-refractivity contribution in [2.24, 2.45) is 12.8 Å². The predicted octanol–water partition coefficient (Wildman–Crippen LogP) is 1.37. The fourth-order valence-corrected chi connectivity index (χ4v) is 2.21. The van der Waals surface area contributed by atoms with E-state index in [0.717, 1.165) is 10.9 Å². The number of carbonyl (C=O) groups excluding carboxylic acids is 1. The summed E-state index contributed by atoms with van der Waals surface area (Å²) in [5.41, 5.74) is 6.89. The van der Waals surface area contributed by atoms with Gasteiger partial charge in [-0.2, -0.15) is 5.10 Å². The number of hydrogen-bond donors (Lipinski definition) is 2. The first-order chi connectivity index (χ1) is 9.04. The average molecular weight is 276 g/mol. The zero-order valence-electron chi connectivity index (χ0n) is 10.9. The Balaban J connectivity index is 2.34. The summed E-state index contributed by atoms with van der Waals surface area (Å²) in [5, 5.41) is 7.88. The van der Waals surface area contributed by atoms with Gasteiger partial charge in [0.25, 0.3) is 5.91 Å². The summed E-state index contributed by atoms with van der Waals surface area (Å²) < 4.78 is 1.69. The quantitative estimate of drug-likeness (QED) is 0.827. The van der Waals surface area contributed by atoms with Gasteiger partial charge >= 0.3 is 0 Å². The number of rotatable bonds is 4. The third kappa shape index (κ3) is 2.58. The first kappa shape index (κ1) is 13.5. The Morgan fingerprint density at radius 1 is 1.53 bits per heavy atom. The summed E-state index contributed by atoms with van der Waals surface area (Å²) in [6.45, 7) is 1.92. The molecule has 19 heavy (non-hydrogen) atoms. The molecule has 0 radical (unpaired) electrons. The maximum atomic E-state index is 12.2. The normalized spacial score (nSPS) is 12.3. The lowest BCUT2D eigenvalue weighted by molar-refractivity contribution is 0.0942. The molecule has 100 valence electrons. The van der Waals surface area contributed by atoms with Crippen LogP contribution >= 0.6 is 12.2 Å². The van der Waals surface area contributed by atoms with Crippen LogP contribution in [-0.4, -0.2) is 26.7 Å². The largest absolute Gasteiger partial charge is 0.392 e. The Morgan fingerprint density at radius 2 is 2.21 bits per heavy atom. The highest BCUT2D eigenvalue weighted by atomic mass is 32.1. The molecule has 1 unspecified atom stereocenters. The summed E-state index contributed by atoms with van der Waals surface area (Å²) in [6.07, 6.45) is 0.659. The molecule has 1 aromatic heterocycles. The summed E-state index contributed by atoms with van der Waals surface area (Å²) in [6, 6.07) is 7.28. The molecule has 0 spiro atoms. The SMILES string of the molecule is CCC(NC(=O)c1nn(C)c2ccccc12)C(N)=S. The number of benzene rings is 1. The predicted molar refractivity (Wildman–Crippen MR) is 79.0 cm³/mol. The minimum Gasteiger partial charge on any atom is -0.392 e. The van der Waals surface area contributed by atoms with Crippen molar-refractivity contribution < 1.29 is 4.79 Å². The minimum atomic E-state index is -0.303. The molecular weight excluding hydrogens is 260 g/mol. The molecule has 1 heterocycles. The van der Waals surface area contributed by atoms with E-state index in [1.165, 1.54) is 0 Å². The van der Waals surface area contributed by atoms with Crippen molar-refractivity contribution >= 4 is 34.0 Å².